The molecule has 0 saturated carbocycles. The zero-order chi connectivity index (χ0) is 15.2. The van der Waals surface area contributed by atoms with Crippen molar-refractivity contribution in [2.45, 2.75) is 20.3 Å². The van der Waals surface area contributed by atoms with Crippen LogP contribution in [0.3, 0.4) is 0 Å². The molecule has 2 rings (SSSR count). The predicted octanol–water partition coefficient (Wildman–Crippen LogP) is 2.21. The molecule has 1 aliphatic rings. The molecular formula is C17H27N3O. The number of hydrogen-bond donors (Lipinski definition) is 1. The van der Waals surface area contributed by atoms with Gasteiger partial charge in [0, 0.05) is 37.4 Å². The average molecular weight is 289 g/mol. The summed E-state index contributed by atoms with van der Waals surface area (Å²) in [5.74, 6) is 0.629. The molecule has 4 nitrogen and oxygen atoms in total. The third-order valence-electron chi connectivity index (χ3n) is 4.30. The number of carbonyl (C=O) groups is 1. The van der Waals surface area contributed by atoms with E-state index in [1.165, 1.54) is 12.1 Å². The molecule has 0 unspecified atom stereocenters. The fraction of sp³-hybridized carbons (Fsp3) is 0.588. The van der Waals surface area contributed by atoms with Gasteiger partial charge < -0.3 is 15.1 Å². The van der Waals surface area contributed by atoms with Crippen molar-refractivity contribution in [2.24, 2.45) is 5.92 Å². The van der Waals surface area contributed by atoms with E-state index in [0.717, 1.165) is 38.3 Å². The average Bonchev–Trinajstić information content (AvgIpc) is 2.92. The summed E-state index contributed by atoms with van der Waals surface area (Å²) in [6, 6.07) is 7.91. The Balaban J connectivity index is 1.87. The highest BCUT2D eigenvalue weighted by atomic mass is 16.1. The first-order valence-corrected chi connectivity index (χ1v) is 7.95. The molecule has 0 aliphatic carbocycles. The first kappa shape index (κ1) is 15.8. The Hall–Kier alpha value is -1.55. The first-order valence-electron chi connectivity index (χ1n) is 7.95. The van der Waals surface area contributed by atoms with Crippen LogP contribution in [0.2, 0.25) is 0 Å². The van der Waals surface area contributed by atoms with E-state index < -0.39 is 0 Å². The largest absolute Gasteiger partial charge is 0.372 e. The molecule has 1 fully saturated rings. The molecule has 1 aromatic carbocycles. The minimum atomic E-state index is 0.0376. The van der Waals surface area contributed by atoms with Crippen molar-refractivity contribution < 1.29 is 4.79 Å². The molecule has 0 radical (unpaired) electrons. The van der Waals surface area contributed by atoms with Crippen LogP contribution in [-0.2, 0) is 0 Å². The van der Waals surface area contributed by atoms with Crippen LogP contribution in [0.25, 0.3) is 0 Å². The first-order chi connectivity index (χ1) is 10.1. The standard InChI is InChI=1S/C17H27N3O/c1-4-20(5-2)16-8-6-15(7-9-16)17(21)18-12-14-10-11-19(3)13-14/h6-9,14H,4-5,10-13H2,1-3H3,(H,18,21)/t14-/m0/s1. The van der Waals surface area contributed by atoms with Gasteiger partial charge in [-0.05, 0) is 64.0 Å². The number of rotatable bonds is 6. The SMILES string of the molecule is CCN(CC)c1ccc(C(=O)NC[C@@H]2CCN(C)C2)cc1. The van der Waals surface area contributed by atoms with Crippen LogP contribution in [0.5, 0.6) is 0 Å². The second-order valence-corrected chi connectivity index (χ2v) is 5.85. The van der Waals surface area contributed by atoms with E-state index in [2.05, 4.69) is 36.0 Å². The van der Waals surface area contributed by atoms with Gasteiger partial charge in [-0.3, -0.25) is 4.79 Å². The van der Waals surface area contributed by atoms with Gasteiger partial charge in [0.25, 0.3) is 5.91 Å². The number of likely N-dealkylation sites (tertiary alicyclic amines) is 1. The van der Waals surface area contributed by atoms with Gasteiger partial charge in [0.1, 0.15) is 0 Å². The van der Waals surface area contributed by atoms with Gasteiger partial charge in [-0.1, -0.05) is 0 Å². The minimum absolute atomic E-state index is 0.0376. The van der Waals surface area contributed by atoms with E-state index in [-0.39, 0.29) is 5.91 Å². The molecule has 1 saturated heterocycles. The Morgan fingerprint density at radius 3 is 2.48 bits per heavy atom. The van der Waals surface area contributed by atoms with Crippen LogP contribution in [0.4, 0.5) is 5.69 Å². The minimum Gasteiger partial charge on any atom is -0.372 e. The van der Waals surface area contributed by atoms with Gasteiger partial charge in [0.15, 0.2) is 0 Å². The fourth-order valence-electron chi connectivity index (χ4n) is 2.94. The normalized spacial score (nSPS) is 18.7. The predicted molar refractivity (Wildman–Crippen MR) is 87.9 cm³/mol. The third-order valence-corrected chi connectivity index (χ3v) is 4.30. The molecule has 0 aromatic heterocycles. The van der Waals surface area contributed by atoms with Crippen LogP contribution in [-0.4, -0.2) is 50.6 Å². The molecule has 21 heavy (non-hydrogen) atoms. The van der Waals surface area contributed by atoms with Crippen molar-refractivity contribution in [3.63, 3.8) is 0 Å². The number of amides is 1. The van der Waals surface area contributed by atoms with Crippen molar-refractivity contribution in [3.8, 4) is 0 Å². The van der Waals surface area contributed by atoms with E-state index in [9.17, 15) is 4.79 Å². The van der Waals surface area contributed by atoms with Crippen molar-refractivity contribution >= 4 is 11.6 Å². The number of nitrogens with zero attached hydrogens (tertiary/aromatic N) is 2. The maximum atomic E-state index is 12.2. The molecule has 1 aromatic rings. The van der Waals surface area contributed by atoms with Crippen LogP contribution in [0.1, 0.15) is 30.6 Å². The van der Waals surface area contributed by atoms with E-state index in [0.29, 0.717) is 5.92 Å². The number of anilines is 1. The van der Waals surface area contributed by atoms with Crippen LogP contribution in [0, 0.1) is 5.92 Å². The molecule has 1 N–H and O–H groups in total. The van der Waals surface area contributed by atoms with Gasteiger partial charge in [-0.15, -0.1) is 0 Å². The van der Waals surface area contributed by atoms with Gasteiger partial charge in [-0.25, -0.2) is 0 Å². The number of benzene rings is 1. The lowest BCUT2D eigenvalue weighted by molar-refractivity contribution is 0.0947. The second-order valence-electron chi connectivity index (χ2n) is 5.85. The van der Waals surface area contributed by atoms with Crippen LogP contribution >= 0.6 is 0 Å². The quantitative estimate of drug-likeness (QED) is 0.872. The van der Waals surface area contributed by atoms with Crippen molar-refractivity contribution in [1.82, 2.24) is 10.2 Å². The Labute approximate surface area is 128 Å². The fourth-order valence-corrected chi connectivity index (χ4v) is 2.94. The lowest BCUT2D eigenvalue weighted by Gasteiger charge is -2.21. The molecule has 1 heterocycles. The summed E-state index contributed by atoms with van der Waals surface area (Å²) in [5, 5.41) is 3.06. The molecule has 116 valence electrons. The maximum absolute atomic E-state index is 12.2. The van der Waals surface area contributed by atoms with E-state index >= 15 is 0 Å². The molecule has 0 spiro atoms. The second kappa shape index (κ2) is 7.46. The number of nitrogens with one attached hydrogen (secondary N) is 1. The van der Waals surface area contributed by atoms with Crippen molar-refractivity contribution in [2.75, 3.05) is 44.7 Å². The molecule has 1 atom stereocenters. The highest BCUT2D eigenvalue weighted by Crippen LogP contribution is 2.16. The Morgan fingerprint density at radius 2 is 1.95 bits per heavy atom. The zero-order valence-electron chi connectivity index (χ0n) is 13.4. The van der Waals surface area contributed by atoms with Gasteiger partial charge in [0.2, 0.25) is 0 Å². The summed E-state index contributed by atoms with van der Waals surface area (Å²) in [6.45, 7) is 9.25. The molecule has 1 aliphatic heterocycles. The summed E-state index contributed by atoms with van der Waals surface area (Å²) in [7, 11) is 2.13. The monoisotopic (exact) mass is 289 g/mol. The topological polar surface area (TPSA) is 35.6 Å². The van der Waals surface area contributed by atoms with E-state index in [1.54, 1.807) is 0 Å². The van der Waals surface area contributed by atoms with E-state index in [4.69, 9.17) is 0 Å². The number of carbonyl (C=O) groups excluding carboxylic acids is 1. The smallest absolute Gasteiger partial charge is 0.251 e. The maximum Gasteiger partial charge on any atom is 0.251 e. The molecule has 4 heteroatoms. The lowest BCUT2D eigenvalue weighted by atomic mass is 10.1. The highest BCUT2D eigenvalue weighted by molar-refractivity contribution is 5.94. The van der Waals surface area contributed by atoms with Crippen molar-refractivity contribution in [3.05, 3.63) is 29.8 Å². The summed E-state index contributed by atoms with van der Waals surface area (Å²) >= 11 is 0. The Kier molecular flexibility index (Phi) is 5.62. The van der Waals surface area contributed by atoms with E-state index in [1.807, 2.05) is 24.3 Å². The van der Waals surface area contributed by atoms with Gasteiger partial charge in [-0.2, -0.15) is 0 Å². The lowest BCUT2D eigenvalue weighted by Crippen LogP contribution is -2.30. The highest BCUT2D eigenvalue weighted by Gasteiger charge is 2.20. The summed E-state index contributed by atoms with van der Waals surface area (Å²) < 4.78 is 0. The van der Waals surface area contributed by atoms with Gasteiger partial charge in [0.05, 0.1) is 0 Å². The van der Waals surface area contributed by atoms with Crippen LogP contribution < -0.4 is 10.2 Å². The Bertz CT molecular complexity index is 454. The molecule has 0 bridgehead atoms. The molecular weight excluding hydrogens is 262 g/mol. The number of hydrogen-bond acceptors (Lipinski definition) is 3. The summed E-state index contributed by atoms with van der Waals surface area (Å²) in [4.78, 5) is 16.8. The van der Waals surface area contributed by atoms with Gasteiger partial charge >= 0.3 is 0 Å². The summed E-state index contributed by atoms with van der Waals surface area (Å²) in [6.07, 6.45) is 1.18. The molecule has 1 amide bonds. The van der Waals surface area contributed by atoms with Crippen molar-refractivity contribution in [1.29, 1.82) is 0 Å². The Morgan fingerprint density at radius 1 is 1.29 bits per heavy atom. The van der Waals surface area contributed by atoms with Crippen LogP contribution in [0.15, 0.2) is 24.3 Å². The third kappa shape index (κ3) is 4.21. The summed E-state index contributed by atoms with van der Waals surface area (Å²) in [5.41, 5.74) is 1.92. The zero-order valence-corrected chi connectivity index (χ0v) is 13.4.